The van der Waals surface area contributed by atoms with Crippen molar-refractivity contribution in [3.05, 3.63) is 87.6 Å². The fourth-order valence-corrected chi connectivity index (χ4v) is 4.60. The van der Waals surface area contributed by atoms with E-state index in [4.69, 9.17) is 0 Å². The van der Waals surface area contributed by atoms with Crippen LogP contribution >= 0.6 is 0 Å². The molecule has 1 saturated heterocycles. The molecule has 1 aliphatic rings. The van der Waals surface area contributed by atoms with Gasteiger partial charge in [0.05, 0.1) is 11.9 Å². The van der Waals surface area contributed by atoms with Crippen LogP contribution in [0.25, 0.3) is 16.7 Å². The van der Waals surface area contributed by atoms with Crippen molar-refractivity contribution in [3.8, 4) is 5.69 Å². The normalized spacial score (nSPS) is 13.3. The molecule has 0 unspecified atom stereocenters. The van der Waals surface area contributed by atoms with Gasteiger partial charge in [0, 0.05) is 25.2 Å². The highest BCUT2D eigenvalue weighted by Crippen LogP contribution is 2.17. The summed E-state index contributed by atoms with van der Waals surface area (Å²) in [7, 11) is 0. The van der Waals surface area contributed by atoms with Crippen molar-refractivity contribution in [2.45, 2.75) is 39.8 Å². The molecule has 4 aromatic rings. The summed E-state index contributed by atoms with van der Waals surface area (Å²) in [5.74, 6) is -0.261. The summed E-state index contributed by atoms with van der Waals surface area (Å²) in [6, 6.07) is 13.3. The summed E-state index contributed by atoms with van der Waals surface area (Å²) in [6.45, 7) is 5.77. The molecular formula is C27H28N6O3. The van der Waals surface area contributed by atoms with E-state index in [2.05, 4.69) is 21.5 Å². The second-order valence-electron chi connectivity index (χ2n) is 9.29. The summed E-state index contributed by atoms with van der Waals surface area (Å²) in [5.41, 5.74) is 4.66. The SMILES string of the molecule is Cc1cc(C)cc(-n2ncc3c(=O)n(CC(=O)NCc4ccc(C(=O)N5CCCC5)cc4)cnc32)c1. The van der Waals surface area contributed by atoms with Gasteiger partial charge in [0.2, 0.25) is 5.91 Å². The molecule has 2 amide bonds. The predicted molar refractivity (Wildman–Crippen MR) is 136 cm³/mol. The van der Waals surface area contributed by atoms with Crippen molar-refractivity contribution in [1.82, 2.24) is 29.5 Å². The molecule has 5 rings (SSSR count). The van der Waals surface area contributed by atoms with Crippen LogP contribution in [0, 0.1) is 13.8 Å². The minimum absolute atomic E-state index is 0.0474. The summed E-state index contributed by atoms with van der Waals surface area (Å²) in [6.07, 6.45) is 4.97. The number of carbonyl (C=O) groups is 2. The van der Waals surface area contributed by atoms with Crippen LogP contribution in [0.4, 0.5) is 0 Å². The largest absolute Gasteiger partial charge is 0.350 e. The quantitative estimate of drug-likeness (QED) is 0.453. The highest BCUT2D eigenvalue weighted by atomic mass is 16.2. The molecule has 3 heterocycles. The van der Waals surface area contributed by atoms with Crippen LogP contribution in [0.1, 0.15) is 39.9 Å². The van der Waals surface area contributed by atoms with Crippen LogP contribution in [0.5, 0.6) is 0 Å². The zero-order valence-electron chi connectivity index (χ0n) is 20.4. The molecule has 9 nitrogen and oxygen atoms in total. The van der Waals surface area contributed by atoms with Crippen molar-refractivity contribution < 1.29 is 9.59 Å². The number of aryl methyl sites for hydroxylation is 2. The van der Waals surface area contributed by atoms with E-state index >= 15 is 0 Å². The van der Waals surface area contributed by atoms with Crippen LogP contribution in [0.15, 0.2) is 59.8 Å². The van der Waals surface area contributed by atoms with E-state index in [9.17, 15) is 14.4 Å². The van der Waals surface area contributed by atoms with Crippen molar-refractivity contribution in [3.63, 3.8) is 0 Å². The van der Waals surface area contributed by atoms with E-state index in [0.717, 1.165) is 48.3 Å². The summed E-state index contributed by atoms with van der Waals surface area (Å²) in [5, 5.41) is 7.54. The van der Waals surface area contributed by atoms with Gasteiger partial charge in [0.1, 0.15) is 18.3 Å². The number of amides is 2. The van der Waals surface area contributed by atoms with Crippen molar-refractivity contribution in [2.75, 3.05) is 13.1 Å². The van der Waals surface area contributed by atoms with E-state index < -0.39 is 0 Å². The molecule has 2 aromatic carbocycles. The maximum atomic E-state index is 13.0. The van der Waals surface area contributed by atoms with Crippen LogP contribution in [-0.4, -0.2) is 49.1 Å². The monoisotopic (exact) mass is 484 g/mol. The molecule has 1 fully saturated rings. The number of nitrogens with zero attached hydrogens (tertiary/aromatic N) is 5. The summed E-state index contributed by atoms with van der Waals surface area (Å²) < 4.78 is 2.92. The first-order valence-corrected chi connectivity index (χ1v) is 12.1. The Morgan fingerprint density at radius 3 is 2.39 bits per heavy atom. The lowest BCUT2D eigenvalue weighted by Gasteiger charge is -2.15. The molecule has 1 aliphatic heterocycles. The van der Waals surface area contributed by atoms with Gasteiger partial charge in [0.15, 0.2) is 5.65 Å². The summed E-state index contributed by atoms with van der Waals surface area (Å²) >= 11 is 0. The first-order chi connectivity index (χ1) is 17.4. The highest BCUT2D eigenvalue weighted by molar-refractivity contribution is 5.94. The molecule has 0 bridgehead atoms. The Morgan fingerprint density at radius 1 is 1.00 bits per heavy atom. The van der Waals surface area contributed by atoms with Crippen molar-refractivity contribution in [1.29, 1.82) is 0 Å². The molecule has 1 N–H and O–H groups in total. The average Bonchev–Trinajstić information content (AvgIpc) is 3.55. The number of aromatic nitrogens is 4. The molecule has 0 atom stereocenters. The van der Waals surface area contributed by atoms with Gasteiger partial charge >= 0.3 is 0 Å². The van der Waals surface area contributed by atoms with E-state index in [-0.39, 0.29) is 23.9 Å². The lowest BCUT2D eigenvalue weighted by molar-refractivity contribution is -0.121. The zero-order chi connectivity index (χ0) is 25.2. The second-order valence-corrected chi connectivity index (χ2v) is 9.29. The molecule has 36 heavy (non-hydrogen) atoms. The third-order valence-electron chi connectivity index (χ3n) is 6.40. The third-order valence-corrected chi connectivity index (χ3v) is 6.40. The van der Waals surface area contributed by atoms with E-state index in [1.807, 2.05) is 43.0 Å². The molecule has 0 saturated carbocycles. The Hall–Kier alpha value is -4.27. The van der Waals surface area contributed by atoms with E-state index in [1.165, 1.54) is 17.1 Å². The minimum Gasteiger partial charge on any atom is -0.350 e. The van der Waals surface area contributed by atoms with Crippen LogP contribution in [0.2, 0.25) is 0 Å². The summed E-state index contributed by atoms with van der Waals surface area (Å²) in [4.78, 5) is 44.3. The maximum absolute atomic E-state index is 13.0. The maximum Gasteiger partial charge on any atom is 0.264 e. The van der Waals surface area contributed by atoms with Crippen LogP contribution < -0.4 is 10.9 Å². The van der Waals surface area contributed by atoms with Gasteiger partial charge in [-0.3, -0.25) is 19.0 Å². The first-order valence-electron chi connectivity index (χ1n) is 12.1. The standard InChI is InChI=1S/C27H28N6O3/c1-18-11-19(2)13-22(12-18)33-25-23(15-30-33)27(36)32(17-29-25)16-24(34)28-14-20-5-7-21(8-6-20)26(35)31-9-3-4-10-31/h5-8,11-13,15,17H,3-4,9-10,14,16H2,1-2H3,(H,28,34). The average molecular weight is 485 g/mol. The number of benzene rings is 2. The number of rotatable bonds is 6. The predicted octanol–water partition coefficient (Wildman–Crippen LogP) is 2.75. The molecule has 9 heteroatoms. The van der Waals surface area contributed by atoms with Crippen LogP contribution in [-0.2, 0) is 17.9 Å². The number of likely N-dealkylation sites (tertiary alicyclic amines) is 1. The number of hydrogen-bond acceptors (Lipinski definition) is 5. The molecular weight excluding hydrogens is 456 g/mol. The number of nitrogens with one attached hydrogen (secondary N) is 1. The highest BCUT2D eigenvalue weighted by Gasteiger charge is 2.19. The van der Waals surface area contributed by atoms with E-state index in [0.29, 0.717) is 23.1 Å². The second kappa shape index (κ2) is 9.77. The van der Waals surface area contributed by atoms with Gasteiger partial charge in [-0.25, -0.2) is 9.67 Å². The Labute approximate surface area is 208 Å². The number of hydrogen-bond donors (Lipinski definition) is 1. The Kier molecular flexibility index (Phi) is 6.37. The zero-order valence-corrected chi connectivity index (χ0v) is 20.4. The third kappa shape index (κ3) is 4.77. The van der Waals surface area contributed by atoms with Gasteiger partial charge in [-0.1, -0.05) is 18.2 Å². The number of fused-ring (bicyclic) bond motifs is 1. The first kappa shape index (κ1) is 23.5. The van der Waals surface area contributed by atoms with Gasteiger partial charge in [-0.2, -0.15) is 5.10 Å². The van der Waals surface area contributed by atoms with E-state index in [1.54, 1.807) is 16.8 Å². The smallest absolute Gasteiger partial charge is 0.264 e. The Balaban J connectivity index is 1.24. The van der Waals surface area contributed by atoms with Gasteiger partial charge in [-0.15, -0.1) is 0 Å². The Bertz CT molecular complexity index is 1480. The topological polar surface area (TPSA) is 102 Å². The fraction of sp³-hybridized carbons (Fsp3) is 0.296. The lowest BCUT2D eigenvalue weighted by atomic mass is 10.1. The minimum atomic E-state index is -0.324. The van der Waals surface area contributed by atoms with Gasteiger partial charge in [-0.05, 0) is 67.6 Å². The molecule has 184 valence electrons. The molecule has 0 radical (unpaired) electrons. The lowest BCUT2D eigenvalue weighted by Crippen LogP contribution is -2.32. The fourth-order valence-electron chi connectivity index (χ4n) is 4.60. The molecule has 0 spiro atoms. The van der Waals surface area contributed by atoms with Gasteiger partial charge < -0.3 is 10.2 Å². The Morgan fingerprint density at radius 2 is 1.69 bits per heavy atom. The van der Waals surface area contributed by atoms with Gasteiger partial charge in [0.25, 0.3) is 11.5 Å². The van der Waals surface area contributed by atoms with Crippen molar-refractivity contribution in [2.24, 2.45) is 0 Å². The molecule has 2 aromatic heterocycles. The number of carbonyl (C=O) groups excluding carboxylic acids is 2. The van der Waals surface area contributed by atoms with Crippen molar-refractivity contribution >= 4 is 22.8 Å². The van der Waals surface area contributed by atoms with Crippen LogP contribution in [0.3, 0.4) is 0 Å². The molecule has 0 aliphatic carbocycles.